The molecular formula is C10H7F3N4S. The minimum atomic E-state index is -4.44. The van der Waals surface area contributed by atoms with E-state index in [4.69, 9.17) is 18.0 Å². The summed E-state index contributed by atoms with van der Waals surface area (Å²) >= 11 is 4.82. The second kappa shape index (κ2) is 4.37. The van der Waals surface area contributed by atoms with Crippen LogP contribution in [0.1, 0.15) is 11.1 Å². The molecule has 2 N–H and O–H groups in total. The Labute approximate surface area is 105 Å². The van der Waals surface area contributed by atoms with Crippen molar-refractivity contribution in [3.8, 4) is 5.69 Å². The van der Waals surface area contributed by atoms with Crippen molar-refractivity contribution in [1.82, 2.24) is 14.8 Å². The van der Waals surface area contributed by atoms with Gasteiger partial charge in [-0.1, -0.05) is 12.2 Å². The maximum Gasteiger partial charge on any atom is 0.419 e. The molecule has 0 fully saturated rings. The van der Waals surface area contributed by atoms with Gasteiger partial charge in [-0.2, -0.15) is 18.3 Å². The highest BCUT2D eigenvalue weighted by molar-refractivity contribution is 7.80. The SMILES string of the molecule is NC(=S)c1ccncc1-n1cc(C(F)(F)F)cn1. The van der Waals surface area contributed by atoms with Gasteiger partial charge in [0.2, 0.25) is 0 Å². The number of rotatable bonds is 2. The summed E-state index contributed by atoms with van der Waals surface area (Å²) in [5.41, 5.74) is 5.36. The van der Waals surface area contributed by atoms with E-state index in [1.165, 1.54) is 18.5 Å². The van der Waals surface area contributed by atoms with Crippen molar-refractivity contribution in [2.45, 2.75) is 6.18 Å². The van der Waals surface area contributed by atoms with Crippen molar-refractivity contribution in [2.24, 2.45) is 5.73 Å². The number of aromatic nitrogens is 3. The molecule has 0 aromatic carbocycles. The highest BCUT2D eigenvalue weighted by atomic mass is 32.1. The molecule has 0 unspecified atom stereocenters. The van der Waals surface area contributed by atoms with E-state index < -0.39 is 11.7 Å². The first kappa shape index (κ1) is 12.5. The van der Waals surface area contributed by atoms with E-state index in [0.29, 0.717) is 11.3 Å². The van der Waals surface area contributed by atoms with Crippen LogP contribution in [0.4, 0.5) is 13.2 Å². The van der Waals surface area contributed by atoms with Crippen molar-refractivity contribution in [2.75, 3.05) is 0 Å². The van der Waals surface area contributed by atoms with Crippen LogP contribution in [0, 0.1) is 0 Å². The molecular weight excluding hydrogens is 265 g/mol. The highest BCUT2D eigenvalue weighted by Gasteiger charge is 2.32. The average Bonchev–Trinajstić information content (AvgIpc) is 2.77. The molecule has 0 saturated heterocycles. The molecule has 0 amide bonds. The molecule has 0 bridgehead atoms. The summed E-state index contributed by atoms with van der Waals surface area (Å²) in [6.07, 6.45) is -0.0488. The molecule has 2 rings (SSSR count). The van der Waals surface area contributed by atoms with Gasteiger partial charge in [-0.25, -0.2) is 4.68 Å². The molecule has 2 aromatic heterocycles. The maximum absolute atomic E-state index is 12.5. The summed E-state index contributed by atoms with van der Waals surface area (Å²) in [7, 11) is 0. The highest BCUT2D eigenvalue weighted by Crippen LogP contribution is 2.29. The van der Waals surface area contributed by atoms with E-state index in [1.54, 1.807) is 0 Å². The molecule has 18 heavy (non-hydrogen) atoms. The quantitative estimate of drug-likeness (QED) is 0.849. The molecule has 94 valence electrons. The Kier molecular flexibility index (Phi) is 3.04. The molecule has 2 aromatic rings. The first-order valence-corrected chi connectivity index (χ1v) is 5.16. The standard InChI is InChI=1S/C10H7F3N4S/c11-10(12,13)6-3-16-17(5-6)8-4-15-2-1-7(8)9(14)18/h1-5H,(H2,14,18). The molecule has 0 saturated carbocycles. The van der Waals surface area contributed by atoms with Crippen LogP contribution in [0.25, 0.3) is 5.69 Å². The summed E-state index contributed by atoms with van der Waals surface area (Å²) < 4.78 is 38.4. The van der Waals surface area contributed by atoms with Gasteiger partial charge in [0.05, 0.1) is 23.6 Å². The molecule has 0 spiro atoms. The normalized spacial score (nSPS) is 11.5. The van der Waals surface area contributed by atoms with Crippen LogP contribution < -0.4 is 5.73 Å². The Balaban J connectivity index is 2.50. The number of thiocarbonyl (C=S) groups is 1. The topological polar surface area (TPSA) is 56.7 Å². The fourth-order valence-corrected chi connectivity index (χ4v) is 1.55. The van der Waals surface area contributed by atoms with Gasteiger partial charge >= 0.3 is 6.18 Å². The summed E-state index contributed by atoms with van der Waals surface area (Å²) in [5.74, 6) is 0. The fourth-order valence-electron chi connectivity index (χ4n) is 1.38. The van der Waals surface area contributed by atoms with Crippen LogP contribution in [-0.4, -0.2) is 19.8 Å². The molecule has 0 aliphatic carbocycles. The molecule has 4 nitrogen and oxygen atoms in total. The van der Waals surface area contributed by atoms with E-state index in [-0.39, 0.29) is 4.99 Å². The van der Waals surface area contributed by atoms with E-state index in [1.807, 2.05) is 0 Å². The number of hydrogen-bond acceptors (Lipinski definition) is 3. The molecule has 0 radical (unpaired) electrons. The van der Waals surface area contributed by atoms with Crippen LogP contribution in [-0.2, 0) is 6.18 Å². The number of alkyl halides is 3. The lowest BCUT2D eigenvalue weighted by Crippen LogP contribution is -2.14. The van der Waals surface area contributed by atoms with Crippen LogP contribution in [0.3, 0.4) is 0 Å². The minimum Gasteiger partial charge on any atom is -0.389 e. The third-order valence-electron chi connectivity index (χ3n) is 2.22. The Bertz CT molecular complexity index is 591. The summed E-state index contributed by atoms with van der Waals surface area (Å²) in [5, 5.41) is 3.64. The van der Waals surface area contributed by atoms with Crippen LogP contribution >= 0.6 is 12.2 Å². The van der Waals surface area contributed by atoms with Gasteiger partial charge in [-0.3, -0.25) is 4.98 Å². The van der Waals surface area contributed by atoms with E-state index in [2.05, 4.69) is 10.1 Å². The Morgan fingerprint density at radius 1 is 1.33 bits per heavy atom. The smallest absolute Gasteiger partial charge is 0.389 e. The lowest BCUT2D eigenvalue weighted by atomic mass is 10.2. The Morgan fingerprint density at radius 2 is 2.06 bits per heavy atom. The lowest BCUT2D eigenvalue weighted by molar-refractivity contribution is -0.137. The van der Waals surface area contributed by atoms with Crippen molar-refractivity contribution in [3.63, 3.8) is 0 Å². The van der Waals surface area contributed by atoms with Crippen LogP contribution in [0.5, 0.6) is 0 Å². The maximum atomic E-state index is 12.5. The zero-order chi connectivity index (χ0) is 13.3. The average molecular weight is 272 g/mol. The number of hydrogen-bond donors (Lipinski definition) is 1. The van der Waals surface area contributed by atoms with Gasteiger partial charge in [-0.15, -0.1) is 0 Å². The van der Waals surface area contributed by atoms with Crippen LogP contribution in [0.2, 0.25) is 0 Å². The number of nitrogens with two attached hydrogens (primary N) is 1. The van der Waals surface area contributed by atoms with Gasteiger partial charge in [-0.05, 0) is 6.07 Å². The largest absolute Gasteiger partial charge is 0.419 e. The summed E-state index contributed by atoms with van der Waals surface area (Å²) in [4.78, 5) is 3.88. The Hall–Kier alpha value is -1.96. The van der Waals surface area contributed by atoms with Crippen molar-refractivity contribution in [1.29, 1.82) is 0 Å². The Morgan fingerprint density at radius 3 is 2.61 bits per heavy atom. The molecule has 0 aliphatic heterocycles. The van der Waals surface area contributed by atoms with Crippen molar-refractivity contribution >= 4 is 17.2 Å². The van der Waals surface area contributed by atoms with Gasteiger partial charge in [0, 0.05) is 18.0 Å². The second-order valence-corrected chi connectivity index (χ2v) is 3.87. The summed E-state index contributed by atoms with van der Waals surface area (Å²) in [6.45, 7) is 0. The monoisotopic (exact) mass is 272 g/mol. The van der Waals surface area contributed by atoms with Crippen LogP contribution in [0.15, 0.2) is 30.9 Å². The number of nitrogens with zero attached hydrogens (tertiary/aromatic N) is 3. The number of halogens is 3. The van der Waals surface area contributed by atoms with Crippen molar-refractivity contribution in [3.05, 3.63) is 42.0 Å². The molecule has 0 atom stereocenters. The minimum absolute atomic E-state index is 0.0662. The predicted octanol–water partition coefficient (Wildman–Crippen LogP) is 1.92. The van der Waals surface area contributed by atoms with E-state index >= 15 is 0 Å². The molecule has 0 aliphatic rings. The summed E-state index contributed by atoms with van der Waals surface area (Å²) in [6, 6.07) is 1.52. The zero-order valence-electron chi connectivity index (χ0n) is 8.85. The fraction of sp³-hybridized carbons (Fsp3) is 0.100. The lowest BCUT2D eigenvalue weighted by Gasteiger charge is -2.07. The molecule has 2 heterocycles. The number of pyridine rings is 1. The first-order valence-electron chi connectivity index (χ1n) is 4.75. The van der Waals surface area contributed by atoms with Crippen molar-refractivity contribution < 1.29 is 13.2 Å². The third-order valence-corrected chi connectivity index (χ3v) is 2.44. The predicted molar refractivity (Wildman–Crippen MR) is 62.2 cm³/mol. The van der Waals surface area contributed by atoms with Gasteiger partial charge < -0.3 is 5.73 Å². The van der Waals surface area contributed by atoms with E-state index in [0.717, 1.165) is 17.1 Å². The third kappa shape index (κ3) is 2.33. The van der Waals surface area contributed by atoms with Gasteiger partial charge in [0.25, 0.3) is 0 Å². The zero-order valence-corrected chi connectivity index (χ0v) is 9.66. The first-order chi connectivity index (χ1) is 8.39. The second-order valence-electron chi connectivity index (χ2n) is 3.43. The van der Waals surface area contributed by atoms with E-state index in [9.17, 15) is 13.2 Å². The van der Waals surface area contributed by atoms with Gasteiger partial charge in [0.15, 0.2) is 0 Å². The molecule has 8 heteroatoms. The van der Waals surface area contributed by atoms with Gasteiger partial charge in [0.1, 0.15) is 4.99 Å².